The zero-order chi connectivity index (χ0) is 13.5. The molecule has 0 bridgehead atoms. The molecule has 0 amide bonds. The molecule has 1 aliphatic carbocycles. The summed E-state index contributed by atoms with van der Waals surface area (Å²) in [5, 5.41) is 2.19. The summed E-state index contributed by atoms with van der Waals surface area (Å²) in [6.45, 7) is 0. The van der Waals surface area contributed by atoms with Crippen molar-refractivity contribution >= 4 is 16.4 Å². The Morgan fingerprint density at radius 3 is 2.80 bits per heavy atom. The third-order valence-electron chi connectivity index (χ3n) is 4.28. The van der Waals surface area contributed by atoms with Gasteiger partial charge in [0, 0.05) is 22.8 Å². The first-order valence-electron chi connectivity index (χ1n) is 7.26. The molecule has 0 spiro atoms. The van der Waals surface area contributed by atoms with Crippen LogP contribution in [0.4, 0.5) is 0 Å². The summed E-state index contributed by atoms with van der Waals surface area (Å²) in [5.41, 5.74) is 2.87. The van der Waals surface area contributed by atoms with E-state index in [4.69, 9.17) is 0 Å². The highest BCUT2D eigenvalue weighted by Gasteiger charge is 2.16. The van der Waals surface area contributed by atoms with E-state index < -0.39 is 0 Å². The first-order chi connectivity index (χ1) is 9.84. The van der Waals surface area contributed by atoms with E-state index in [1.54, 1.807) is 0 Å². The van der Waals surface area contributed by atoms with Gasteiger partial charge in [0.15, 0.2) is 0 Å². The van der Waals surface area contributed by atoms with Gasteiger partial charge in [-0.25, -0.2) is 0 Å². The Kier molecular flexibility index (Phi) is 2.59. The van der Waals surface area contributed by atoms with Crippen LogP contribution in [0.5, 0.6) is 0 Å². The Hall–Kier alpha value is -2.16. The second kappa shape index (κ2) is 4.44. The molecule has 20 heavy (non-hydrogen) atoms. The maximum Gasteiger partial charge on any atom is 0.276 e. The van der Waals surface area contributed by atoms with Crippen LogP contribution >= 0.6 is 0 Å². The summed E-state index contributed by atoms with van der Waals surface area (Å²) in [7, 11) is 0. The first kappa shape index (κ1) is 11.6. The van der Waals surface area contributed by atoms with Crippen molar-refractivity contribution in [3.63, 3.8) is 0 Å². The summed E-state index contributed by atoms with van der Waals surface area (Å²) in [5.74, 6) is 0. The van der Waals surface area contributed by atoms with Crippen molar-refractivity contribution in [3.05, 3.63) is 58.1 Å². The molecule has 0 saturated carbocycles. The van der Waals surface area contributed by atoms with Gasteiger partial charge in [-0.1, -0.05) is 30.7 Å². The van der Waals surface area contributed by atoms with Gasteiger partial charge in [0.2, 0.25) is 0 Å². The number of benzene rings is 1. The van der Waals surface area contributed by atoms with Crippen LogP contribution in [0.3, 0.4) is 0 Å². The van der Waals surface area contributed by atoms with E-state index in [1.165, 1.54) is 12.1 Å². The lowest BCUT2D eigenvalue weighted by Gasteiger charge is -2.12. The van der Waals surface area contributed by atoms with E-state index in [2.05, 4.69) is 27.7 Å². The molecule has 100 valence electrons. The summed E-state index contributed by atoms with van der Waals surface area (Å²) in [4.78, 5) is 16.7. The molecule has 2 heterocycles. The molecule has 0 atom stereocenters. The van der Waals surface area contributed by atoms with E-state index >= 15 is 0 Å². The van der Waals surface area contributed by atoms with Crippen molar-refractivity contribution in [2.45, 2.75) is 32.1 Å². The van der Waals surface area contributed by atoms with Crippen LogP contribution in [0.2, 0.25) is 0 Å². The van der Waals surface area contributed by atoms with Gasteiger partial charge in [-0.3, -0.25) is 4.79 Å². The number of aromatic nitrogens is 2. The van der Waals surface area contributed by atoms with Gasteiger partial charge in [0.05, 0.1) is 0 Å². The van der Waals surface area contributed by atoms with Gasteiger partial charge < -0.3 is 4.40 Å². The molecule has 1 aromatic carbocycles. The minimum absolute atomic E-state index is 0.0294. The molecule has 1 aliphatic rings. The number of pyridine rings is 1. The van der Waals surface area contributed by atoms with Crippen LogP contribution in [-0.4, -0.2) is 9.38 Å². The maximum atomic E-state index is 12.3. The third-order valence-corrected chi connectivity index (χ3v) is 4.28. The lowest BCUT2D eigenvalue weighted by molar-refractivity contribution is 0.706. The molecule has 2 aromatic heterocycles. The predicted octanol–water partition coefficient (Wildman–Crippen LogP) is 3.12. The zero-order valence-corrected chi connectivity index (χ0v) is 11.3. The van der Waals surface area contributed by atoms with E-state index in [9.17, 15) is 4.79 Å². The third kappa shape index (κ3) is 1.66. The normalized spacial score (nSPS) is 15.2. The van der Waals surface area contributed by atoms with Crippen LogP contribution in [0, 0.1) is 0 Å². The quantitative estimate of drug-likeness (QED) is 0.462. The van der Waals surface area contributed by atoms with Crippen LogP contribution < -0.4 is 5.56 Å². The van der Waals surface area contributed by atoms with Crippen LogP contribution in [0.15, 0.2) is 41.3 Å². The van der Waals surface area contributed by atoms with Crippen LogP contribution in [0.25, 0.3) is 16.4 Å². The highest BCUT2D eigenvalue weighted by molar-refractivity contribution is 5.93. The summed E-state index contributed by atoms with van der Waals surface area (Å²) < 4.78 is 2.13. The summed E-state index contributed by atoms with van der Waals surface area (Å²) in [6.07, 6.45) is 7.37. The van der Waals surface area contributed by atoms with Gasteiger partial charge in [-0.2, -0.15) is 4.98 Å². The van der Waals surface area contributed by atoms with E-state index in [0.29, 0.717) is 0 Å². The molecule has 3 aromatic rings. The van der Waals surface area contributed by atoms with E-state index in [1.807, 2.05) is 18.2 Å². The largest absolute Gasteiger partial charge is 0.305 e. The van der Waals surface area contributed by atoms with Crippen molar-refractivity contribution in [1.82, 2.24) is 9.38 Å². The number of aryl methyl sites for hydroxylation is 1. The smallest absolute Gasteiger partial charge is 0.276 e. The Balaban J connectivity index is 2.17. The fourth-order valence-electron chi connectivity index (χ4n) is 3.26. The summed E-state index contributed by atoms with van der Waals surface area (Å²) in [6, 6.07) is 10.2. The first-order valence-corrected chi connectivity index (χ1v) is 7.26. The molecule has 3 heteroatoms. The number of nitrogens with zero attached hydrogens (tertiary/aromatic N) is 2. The van der Waals surface area contributed by atoms with Gasteiger partial charge >= 0.3 is 0 Å². The monoisotopic (exact) mass is 264 g/mol. The molecular formula is C17H16N2O. The standard InChI is InChI=1S/C17H16N2O/c20-17-14-8-2-1-3-9-15(14)19-11-10-12-6-4-5-7-13(12)16(19)18-17/h4-7,10-11H,1-3,8-9H2. The van der Waals surface area contributed by atoms with E-state index in [-0.39, 0.29) is 5.56 Å². The zero-order valence-electron chi connectivity index (χ0n) is 11.3. The molecule has 0 fully saturated rings. The fraction of sp³-hybridized carbons (Fsp3) is 0.294. The van der Waals surface area contributed by atoms with Crippen LogP contribution in [0.1, 0.15) is 30.5 Å². The van der Waals surface area contributed by atoms with Gasteiger partial charge in [0.25, 0.3) is 5.56 Å². The number of hydrogen-bond acceptors (Lipinski definition) is 2. The van der Waals surface area contributed by atoms with Crippen LogP contribution in [-0.2, 0) is 12.8 Å². The molecule has 3 nitrogen and oxygen atoms in total. The second-order valence-electron chi connectivity index (χ2n) is 5.50. The average molecular weight is 264 g/mol. The molecule has 0 aliphatic heterocycles. The lowest BCUT2D eigenvalue weighted by atomic mass is 10.1. The van der Waals surface area contributed by atoms with Crippen molar-refractivity contribution in [2.24, 2.45) is 0 Å². The Morgan fingerprint density at radius 1 is 1.00 bits per heavy atom. The molecule has 0 saturated heterocycles. The van der Waals surface area contributed by atoms with Crippen molar-refractivity contribution in [1.29, 1.82) is 0 Å². The summed E-state index contributed by atoms with van der Waals surface area (Å²) >= 11 is 0. The molecule has 4 rings (SSSR count). The molecule has 0 radical (unpaired) electrons. The number of fused-ring (bicyclic) bond motifs is 5. The Bertz CT molecular complexity index is 864. The maximum absolute atomic E-state index is 12.3. The predicted molar refractivity (Wildman–Crippen MR) is 80.2 cm³/mol. The lowest BCUT2D eigenvalue weighted by Crippen LogP contribution is -2.19. The molecule has 0 unspecified atom stereocenters. The minimum Gasteiger partial charge on any atom is -0.305 e. The topological polar surface area (TPSA) is 34.4 Å². The van der Waals surface area contributed by atoms with Gasteiger partial charge in [-0.15, -0.1) is 0 Å². The Morgan fingerprint density at radius 2 is 1.85 bits per heavy atom. The molecular weight excluding hydrogens is 248 g/mol. The highest BCUT2D eigenvalue weighted by Crippen LogP contribution is 2.23. The van der Waals surface area contributed by atoms with Crippen molar-refractivity contribution < 1.29 is 0 Å². The fourth-order valence-corrected chi connectivity index (χ4v) is 3.26. The number of rotatable bonds is 0. The second-order valence-corrected chi connectivity index (χ2v) is 5.50. The highest BCUT2D eigenvalue weighted by atomic mass is 16.1. The average Bonchev–Trinajstić information content (AvgIpc) is 2.74. The minimum atomic E-state index is -0.0294. The number of hydrogen-bond donors (Lipinski definition) is 0. The van der Waals surface area contributed by atoms with Crippen molar-refractivity contribution in [3.8, 4) is 0 Å². The Labute approximate surface area is 116 Å². The van der Waals surface area contributed by atoms with Gasteiger partial charge in [-0.05, 0) is 37.1 Å². The van der Waals surface area contributed by atoms with E-state index in [0.717, 1.165) is 47.7 Å². The SMILES string of the molecule is O=c1nc2c3ccccc3ccn2c2c1CCCCC2. The van der Waals surface area contributed by atoms with Gasteiger partial charge in [0.1, 0.15) is 5.65 Å². The molecule has 0 N–H and O–H groups in total. The van der Waals surface area contributed by atoms with Crippen molar-refractivity contribution in [2.75, 3.05) is 0 Å².